The Morgan fingerprint density at radius 3 is 2.38 bits per heavy atom. The van der Waals surface area contributed by atoms with Crippen LogP contribution in [0, 0.1) is 11.6 Å². The highest BCUT2D eigenvalue weighted by molar-refractivity contribution is 5.91. The van der Waals surface area contributed by atoms with E-state index in [0.29, 0.717) is 36.5 Å². The van der Waals surface area contributed by atoms with E-state index in [1.165, 1.54) is 31.0 Å². The molecule has 0 spiro atoms. The molecule has 14 heteroatoms. The predicted molar refractivity (Wildman–Crippen MR) is 195 cm³/mol. The molecule has 52 heavy (non-hydrogen) atoms. The number of fused-ring (bicyclic) bond motifs is 1. The standard InChI is InChI=1S/C38H39F2N7O5/c1-45(2)12-6-9-28(48)18-24-7-5-8-25(17-24)23-47-36-26(19-29(37(47)49)33-34(39)30(50-3)20-31(51-4)35(33)40)21-42-38(44-36)43-32-11-10-27(22-41-32)46-13-15-52-16-14-46/h5-11,17,19-22H,12-16,18,23H2,1-4H3,(H,41,42,43,44)/b9-6+. The molecule has 270 valence electrons. The summed E-state index contributed by atoms with van der Waals surface area (Å²) in [4.78, 5) is 44.8. The maximum absolute atomic E-state index is 15.8. The van der Waals surface area contributed by atoms with Gasteiger partial charge in [-0.25, -0.2) is 18.7 Å². The molecule has 5 aromatic rings. The maximum Gasteiger partial charge on any atom is 0.260 e. The van der Waals surface area contributed by atoms with E-state index in [9.17, 15) is 9.59 Å². The molecule has 1 aliphatic rings. The summed E-state index contributed by atoms with van der Waals surface area (Å²) in [6, 6.07) is 13.4. The first-order valence-corrected chi connectivity index (χ1v) is 16.6. The molecule has 1 aliphatic heterocycles. The number of ether oxygens (including phenoxy) is 3. The summed E-state index contributed by atoms with van der Waals surface area (Å²) in [6.07, 6.45) is 6.72. The van der Waals surface area contributed by atoms with Gasteiger partial charge in [0, 0.05) is 43.7 Å². The number of methoxy groups -OCH3 is 2. The molecule has 0 aliphatic carbocycles. The largest absolute Gasteiger partial charge is 0.494 e. The highest BCUT2D eigenvalue weighted by Crippen LogP contribution is 2.37. The van der Waals surface area contributed by atoms with E-state index in [2.05, 4.69) is 25.2 Å². The average Bonchev–Trinajstić information content (AvgIpc) is 3.14. The molecule has 0 radical (unpaired) electrons. The zero-order chi connectivity index (χ0) is 36.8. The molecule has 1 fully saturated rings. The van der Waals surface area contributed by atoms with Crippen LogP contribution in [0.25, 0.3) is 22.2 Å². The maximum atomic E-state index is 15.8. The topological polar surface area (TPSA) is 124 Å². The van der Waals surface area contributed by atoms with Gasteiger partial charge >= 0.3 is 0 Å². The Morgan fingerprint density at radius 2 is 1.71 bits per heavy atom. The number of carbonyl (C=O) groups excluding carboxylic acids is 1. The Kier molecular flexibility index (Phi) is 11.2. The van der Waals surface area contributed by atoms with Gasteiger partial charge in [0.05, 0.1) is 57.0 Å². The summed E-state index contributed by atoms with van der Waals surface area (Å²) in [5.41, 5.74) is 0.974. The Hall–Kier alpha value is -5.73. The molecule has 0 amide bonds. The molecule has 3 aromatic heterocycles. The third kappa shape index (κ3) is 8.08. The number of carbonyl (C=O) groups is 1. The van der Waals surface area contributed by atoms with Gasteiger partial charge in [0.25, 0.3) is 5.56 Å². The molecule has 0 unspecified atom stereocenters. The lowest BCUT2D eigenvalue weighted by Crippen LogP contribution is -2.36. The molecule has 0 saturated carbocycles. The zero-order valence-electron chi connectivity index (χ0n) is 29.4. The van der Waals surface area contributed by atoms with Gasteiger partial charge in [0.2, 0.25) is 5.95 Å². The van der Waals surface area contributed by atoms with E-state index in [0.717, 1.165) is 30.4 Å². The molecule has 12 nitrogen and oxygen atoms in total. The van der Waals surface area contributed by atoms with Gasteiger partial charge in [-0.3, -0.25) is 14.2 Å². The van der Waals surface area contributed by atoms with Crippen LogP contribution in [0.4, 0.5) is 26.2 Å². The summed E-state index contributed by atoms with van der Waals surface area (Å²) in [5, 5.41) is 3.44. The second-order valence-corrected chi connectivity index (χ2v) is 12.5. The van der Waals surface area contributed by atoms with Crippen LogP contribution in [0.3, 0.4) is 0 Å². The van der Waals surface area contributed by atoms with Crippen molar-refractivity contribution >= 4 is 34.3 Å². The number of hydrogen-bond donors (Lipinski definition) is 1. The molecule has 1 N–H and O–H groups in total. The van der Waals surface area contributed by atoms with Crippen LogP contribution in [0.2, 0.25) is 0 Å². The van der Waals surface area contributed by atoms with Crippen molar-refractivity contribution in [2.24, 2.45) is 0 Å². The first-order chi connectivity index (χ1) is 25.1. The number of nitrogens with zero attached hydrogens (tertiary/aromatic N) is 6. The van der Waals surface area contributed by atoms with Gasteiger partial charge in [-0.2, -0.15) is 4.98 Å². The van der Waals surface area contributed by atoms with Crippen molar-refractivity contribution in [3.63, 3.8) is 0 Å². The lowest BCUT2D eigenvalue weighted by molar-refractivity contribution is -0.114. The minimum absolute atomic E-state index is 0.0328. The van der Waals surface area contributed by atoms with Crippen molar-refractivity contribution < 1.29 is 27.8 Å². The number of allylic oxidation sites excluding steroid dienone is 1. The smallest absolute Gasteiger partial charge is 0.260 e. The summed E-state index contributed by atoms with van der Waals surface area (Å²) >= 11 is 0. The van der Waals surface area contributed by atoms with Crippen LogP contribution in [0.5, 0.6) is 11.5 Å². The number of halogens is 2. The van der Waals surface area contributed by atoms with Crippen LogP contribution in [-0.4, -0.2) is 91.4 Å². The van der Waals surface area contributed by atoms with Crippen molar-refractivity contribution in [2.75, 3.05) is 71.4 Å². The van der Waals surface area contributed by atoms with Crippen molar-refractivity contribution in [3.8, 4) is 22.6 Å². The number of benzene rings is 2. The second kappa shape index (κ2) is 16.1. The SMILES string of the molecule is COc1cc(OC)c(F)c(-c2cc3cnc(Nc4ccc(N5CCOCC5)cn4)nc3n(Cc3cccc(CC(=O)/C=C/CN(C)C)c3)c2=O)c1F. The Bertz CT molecular complexity index is 2140. The number of aromatic nitrogens is 4. The summed E-state index contributed by atoms with van der Waals surface area (Å²) < 4.78 is 48.6. The van der Waals surface area contributed by atoms with Crippen LogP contribution in [0.1, 0.15) is 11.1 Å². The highest BCUT2D eigenvalue weighted by Gasteiger charge is 2.26. The normalized spacial score (nSPS) is 13.2. The monoisotopic (exact) mass is 711 g/mol. The molecule has 6 rings (SSSR count). The summed E-state index contributed by atoms with van der Waals surface area (Å²) in [5.74, 6) is -2.14. The van der Waals surface area contributed by atoms with Gasteiger partial charge < -0.3 is 29.3 Å². The number of hydrogen-bond acceptors (Lipinski definition) is 11. The van der Waals surface area contributed by atoms with Crippen LogP contribution in [0.15, 0.2) is 77.9 Å². The van der Waals surface area contributed by atoms with Crippen LogP contribution >= 0.6 is 0 Å². The van der Waals surface area contributed by atoms with Gasteiger partial charge in [-0.1, -0.05) is 30.3 Å². The molecular formula is C38H39F2N7O5. The number of pyridine rings is 2. The van der Waals surface area contributed by atoms with Gasteiger partial charge in [-0.05, 0) is 49.5 Å². The number of anilines is 3. The van der Waals surface area contributed by atoms with Crippen LogP contribution < -0.4 is 25.2 Å². The molecule has 2 aromatic carbocycles. The molecule has 0 bridgehead atoms. The fourth-order valence-electron chi connectivity index (χ4n) is 5.93. The fourth-order valence-corrected chi connectivity index (χ4v) is 5.93. The number of likely N-dealkylation sites (N-methyl/N-ethyl adjacent to an activating group) is 1. The van der Waals surface area contributed by atoms with Crippen LogP contribution in [-0.2, 0) is 22.5 Å². The van der Waals surface area contributed by atoms with E-state index in [1.807, 2.05) is 37.2 Å². The van der Waals surface area contributed by atoms with Crippen molar-refractivity contribution in [3.05, 3.63) is 106 Å². The van der Waals surface area contributed by atoms with Gasteiger partial charge in [-0.15, -0.1) is 0 Å². The summed E-state index contributed by atoms with van der Waals surface area (Å²) in [7, 11) is 6.30. The quantitative estimate of drug-likeness (QED) is 0.166. The third-order valence-electron chi connectivity index (χ3n) is 8.52. The number of ketones is 1. The second-order valence-electron chi connectivity index (χ2n) is 12.5. The van der Waals surface area contributed by atoms with Crippen molar-refractivity contribution in [1.82, 2.24) is 24.4 Å². The first-order valence-electron chi connectivity index (χ1n) is 16.6. The predicted octanol–water partition coefficient (Wildman–Crippen LogP) is 5.01. The fraction of sp³-hybridized carbons (Fsp3) is 0.289. The zero-order valence-corrected chi connectivity index (χ0v) is 29.4. The Labute approximate surface area is 299 Å². The van der Waals surface area contributed by atoms with E-state index >= 15 is 8.78 Å². The summed E-state index contributed by atoms with van der Waals surface area (Å²) in [6.45, 7) is 3.43. The van der Waals surface area contributed by atoms with E-state index in [-0.39, 0.29) is 47.4 Å². The minimum Gasteiger partial charge on any atom is -0.494 e. The molecular weight excluding hydrogens is 672 g/mol. The first kappa shape index (κ1) is 36.1. The van der Waals surface area contributed by atoms with E-state index in [1.54, 1.807) is 36.5 Å². The molecule has 0 atom stereocenters. The number of nitrogens with one attached hydrogen (secondary N) is 1. The highest BCUT2D eigenvalue weighted by atomic mass is 19.1. The van der Waals surface area contributed by atoms with E-state index in [4.69, 9.17) is 14.2 Å². The van der Waals surface area contributed by atoms with E-state index < -0.39 is 22.8 Å². The van der Waals surface area contributed by atoms with Gasteiger partial charge in [0.1, 0.15) is 11.5 Å². The number of rotatable bonds is 13. The minimum atomic E-state index is -1.06. The Balaban J connectivity index is 1.41. The molecule has 4 heterocycles. The lowest BCUT2D eigenvalue weighted by atomic mass is 10.0. The average molecular weight is 712 g/mol. The number of morpholine rings is 1. The lowest BCUT2D eigenvalue weighted by Gasteiger charge is -2.28. The third-order valence-corrected chi connectivity index (χ3v) is 8.52. The van der Waals surface area contributed by atoms with Crippen molar-refractivity contribution in [2.45, 2.75) is 13.0 Å². The molecule has 1 saturated heterocycles. The Morgan fingerprint density at radius 1 is 0.981 bits per heavy atom. The van der Waals surface area contributed by atoms with Gasteiger partial charge in [0.15, 0.2) is 28.9 Å². The van der Waals surface area contributed by atoms with Crippen molar-refractivity contribution in [1.29, 1.82) is 0 Å².